The summed E-state index contributed by atoms with van der Waals surface area (Å²) in [6.07, 6.45) is 7.50. The number of benzene rings is 2. The van der Waals surface area contributed by atoms with Crippen LogP contribution in [0.15, 0.2) is 60.8 Å². The van der Waals surface area contributed by atoms with Crippen LogP contribution in [0, 0.1) is 0 Å². The van der Waals surface area contributed by atoms with Gasteiger partial charge in [0.05, 0.1) is 24.0 Å². The van der Waals surface area contributed by atoms with Crippen molar-refractivity contribution in [1.82, 2.24) is 15.2 Å². The van der Waals surface area contributed by atoms with E-state index >= 15 is 0 Å². The van der Waals surface area contributed by atoms with Crippen LogP contribution in [0.4, 0.5) is 5.69 Å². The van der Waals surface area contributed by atoms with Crippen molar-refractivity contribution >= 4 is 46.3 Å². The first kappa shape index (κ1) is 17.9. The normalized spacial score (nSPS) is 14.4. The minimum atomic E-state index is -0.123. The second kappa shape index (κ2) is 7.33. The molecule has 0 radical (unpaired) electrons. The summed E-state index contributed by atoms with van der Waals surface area (Å²) >= 11 is 0. The van der Waals surface area contributed by atoms with Gasteiger partial charge in [0.2, 0.25) is 0 Å². The van der Waals surface area contributed by atoms with E-state index < -0.39 is 0 Å². The number of anilines is 1. The molecule has 0 fully saturated rings. The highest BCUT2D eigenvalue weighted by atomic mass is 16.5. The summed E-state index contributed by atoms with van der Waals surface area (Å²) in [5, 5.41) is 11.4. The number of nitrogens with zero attached hydrogens (tertiary/aromatic N) is 2. The summed E-state index contributed by atoms with van der Waals surface area (Å²) in [7, 11) is 1.61. The van der Waals surface area contributed by atoms with Gasteiger partial charge in [-0.05, 0) is 66.3 Å². The zero-order chi connectivity index (χ0) is 20.5. The number of rotatable bonds is 4. The number of carbonyl (C=O) groups is 1. The first-order chi connectivity index (χ1) is 14.7. The third kappa shape index (κ3) is 3.24. The van der Waals surface area contributed by atoms with Crippen LogP contribution < -0.4 is 10.1 Å². The lowest BCUT2D eigenvalue weighted by Crippen LogP contribution is -2.03. The third-order valence-corrected chi connectivity index (χ3v) is 5.04. The van der Waals surface area contributed by atoms with Crippen LogP contribution >= 0.6 is 0 Å². The van der Waals surface area contributed by atoms with Crippen molar-refractivity contribution in [2.24, 2.45) is 0 Å². The van der Waals surface area contributed by atoms with Crippen LogP contribution in [0.5, 0.6) is 5.75 Å². The van der Waals surface area contributed by atoms with Crippen molar-refractivity contribution < 1.29 is 9.53 Å². The predicted molar refractivity (Wildman–Crippen MR) is 119 cm³/mol. The minimum absolute atomic E-state index is 0.123. The summed E-state index contributed by atoms with van der Waals surface area (Å²) in [6, 6.07) is 17.3. The fraction of sp³-hybridized carbons (Fsp3) is 0.0417. The Labute approximate surface area is 172 Å². The molecule has 1 aliphatic rings. The first-order valence-electron chi connectivity index (χ1n) is 9.50. The van der Waals surface area contributed by atoms with Crippen molar-refractivity contribution in [3.63, 3.8) is 0 Å². The molecule has 0 unspecified atom stereocenters. The molecule has 0 saturated carbocycles. The van der Waals surface area contributed by atoms with Crippen LogP contribution in [0.2, 0.25) is 0 Å². The Morgan fingerprint density at radius 2 is 1.97 bits per heavy atom. The topological polar surface area (TPSA) is 79.9 Å². The Balaban J connectivity index is 1.49. The lowest BCUT2D eigenvalue weighted by molar-refractivity contribution is -0.110. The average Bonchev–Trinajstić information content (AvgIpc) is 3.32. The molecule has 146 valence electrons. The van der Waals surface area contributed by atoms with Crippen LogP contribution in [0.25, 0.3) is 34.7 Å². The highest BCUT2D eigenvalue weighted by Gasteiger charge is 2.24. The lowest BCUT2D eigenvalue weighted by Gasteiger charge is -2.03. The van der Waals surface area contributed by atoms with Crippen LogP contribution in [-0.4, -0.2) is 28.2 Å². The van der Waals surface area contributed by atoms with Gasteiger partial charge in [0, 0.05) is 28.4 Å². The zero-order valence-electron chi connectivity index (χ0n) is 16.2. The lowest BCUT2D eigenvalue weighted by atomic mass is 10.0. The summed E-state index contributed by atoms with van der Waals surface area (Å²) in [4.78, 5) is 16.8. The summed E-state index contributed by atoms with van der Waals surface area (Å²) < 4.78 is 5.30. The van der Waals surface area contributed by atoms with E-state index in [0.29, 0.717) is 11.3 Å². The second-order valence-electron chi connectivity index (χ2n) is 6.93. The molecule has 2 N–H and O–H groups in total. The Hall–Kier alpha value is -4.19. The van der Waals surface area contributed by atoms with Gasteiger partial charge in [0.15, 0.2) is 0 Å². The first-order valence-corrected chi connectivity index (χ1v) is 9.50. The molecule has 6 nitrogen and oxygen atoms in total. The molecule has 6 heteroatoms. The quantitative estimate of drug-likeness (QED) is 0.495. The van der Waals surface area contributed by atoms with E-state index in [1.54, 1.807) is 13.3 Å². The maximum atomic E-state index is 12.5. The molecule has 0 spiro atoms. The number of hydrogen-bond acceptors (Lipinski definition) is 4. The van der Waals surface area contributed by atoms with Gasteiger partial charge >= 0.3 is 0 Å². The Morgan fingerprint density at radius 3 is 2.80 bits per heavy atom. The van der Waals surface area contributed by atoms with Crippen LogP contribution in [-0.2, 0) is 4.79 Å². The maximum Gasteiger partial charge on any atom is 0.256 e. The number of aromatic amines is 1. The predicted octanol–water partition coefficient (Wildman–Crippen LogP) is 4.63. The standard InChI is InChI=1S/C24H18N4O2/c1-30-17-7-10-21-19(14-17)20(24(29)26-21)12-15-5-8-18-22(27-28-23(18)13-15)9-6-16-4-2-3-11-25-16/h2-14H,1H3,(H,26,29)(H,27,28)/b9-6+,20-12-. The molecule has 5 rings (SSSR count). The number of hydrogen-bond donors (Lipinski definition) is 2. The molecule has 1 aliphatic heterocycles. The molecule has 0 aliphatic carbocycles. The number of fused-ring (bicyclic) bond motifs is 2. The van der Waals surface area contributed by atoms with E-state index in [2.05, 4.69) is 20.5 Å². The fourth-order valence-electron chi connectivity index (χ4n) is 3.52. The van der Waals surface area contributed by atoms with Gasteiger partial charge < -0.3 is 10.1 Å². The van der Waals surface area contributed by atoms with E-state index in [1.165, 1.54) is 0 Å². The molecule has 2 aromatic heterocycles. The maximum absolute atomic E-state index is 12.5. The van der Waals surface area contributed by atoms with Crippen molar-refractivity contribution in [3.05, 3.63) is 83.3 Å². The molecule has 3 heterocycles. The highest BCUT2D eigenvalue weighted by molar-refractivity contribution is 6.35. The van der Waals surface area contributed by atoms with Crippen molar-refractivity contribution in [3.8, 4) is 5.75 Å². The van der Waals surface area contributed by atoms with E-state index in [1.807, 2.05) is 72.8 Å². The number of methoxy groups -OCH3 is 1. The molecular formula is C24H18N4O2. The van der Waals surface area contributed by atoms with Gasteiger partial charge in [-0.3, -0.25) is 14.9 Å². The van der Waals surface area contributed by atoms with Gasteiger partial charge in [0.25, 0.3) is 5.91 Å². The number of carbonyl (C=O) groups excluding carboxylic acids is 1. The Bertz CT molecular complexity index is 1320. The minimum Gasteiger partial charge on any atom is -0.497 e. The summed E-state index contributed by atoms with van der Waals surface area (Å²) in [5.41, 5.74) is 5.75. The Morgan fingerprint density at radius 1 is 1.03 bits per heavy atom. The number of nitrogens with one attached hydrogen (secondary N) is 2. The van der Waals surface area contributed by atoms with Crippen molar-refractivity contribution in [2.75, 3.05) is 12.4 Å². The number of H-pyrrole nitrogens is 1. The van der Waals surface area contributed by atoms with E-state index in [-0.39, 0.29) is 5.91 Å². The third-order valence-electron chi connectivity index (χ3n) is 5.04. The SMILES string of the molecule is COc1ccc2c(c1)/C(=C/c1ccc3c(/C=C/c4ccccn4)n[nH]c3c1)C(=O)N2. The van der Waals surface area contributed by atoms with E-state index in [0.717, 1.165) is 39.1 Å². The smallest absolute Gasteiger partial charge is 0.256 e. The number of aromatic nitrogens is 3. The average molecular weight is 394 g/mol. The van der Waals surface area contributed by atoms with Gasteiger partial charge in [0.1, 0.15) is 5.75 Å². The molecule has 2 aromatic carbocycles. The van der Waals surface area contributed by atoms with Gasteiger partial charge in [-0.25, -0.2) is 0 Å². The molecular weight excluding hydrogens is 376 g/mol. The van der Waals surface area contributed by atoms with Gasteiger partial charge in [-0.1, -0.05) is 12.1 Å². The molecule has 0 bridgehead atoms. The van der Waals surface area contributed by atoms with Crippen molar-refractivity contribution in [1.29, 1.82) is 0 Å². The summed E-state index contributed by atoms with van der Waals surface area (Å²) in [5.74, 6) is 0.589. The molecule has 0 saturated heterocycles. The van der Waals surface area contributed by atoms with E-state index in [9.17, 15) is 4.79 Å². The number of ether oxygens (including phenoxy) is 1. The molecule has 4 aromatic rings. The van der Waals surface area contributed by atoms with E-state index in [4.69, 9.17) is 4.74 Å². The Kier molecular flexibility index (Phi) is 4.37. The van der Waals surface area contributed by atoms with Crippen molar-refractivity contribution in [2.45, 2.75) is 0 Å². The number of pyridine rings is 1. The van der Waals surface area contributed by atoms with Gasteiger partial charge in [-0.15, -0.1) is 0 Å². The molecule has 30 heavy (non-hydrogen) atoms. The molecule has 1 amide bonds. The zero-order valence-corrected chi connectivity index (χ0v) is 16.2. The highest BCUT2D eigenvalue weighted by Crippen LogP contribution is 2.36. The van der Waals surface area contributed by atoms with Crippen LogP contribution in [0.3, 0.4) is 0 Å². The second-order valence-corrected chi connectivity index (χ2v) is 6.93. The fourth-order valence-corrected chi connectivity index (χ4v) is 3.52. The van der Waals surface area contributed by atoms with Crippen LogP contribution in [0.1, 0.15) is 22.5 Å². The monoisotopic (exact) mass is 394 g/mol. The number of amides is 1. The largest absolute Gasteiger partial charge is 0.497 e. The van der Waals surface area contributed by atoms with Gasteiger partial charge in [-0.2, -0.15) is 5.10 Å². The molecule has 0 atom stereocenters. The summed E-state index contributed by atoms with van der Waals surface area (Å²) in [6.45, 7) is 0.